The molecule has 1 aromatic heterocycles. The highest BCUT2D eigenvalue weighted by Gasteiger charge is 2.37. The van der Waals surface area contributed by atoms with Gasteiger partial charge in [-0.3, -0.25) is 4.79 Å². The molecule has 5 rings (SSSR count). The first-order valence-corrected chi connectivity index (χ1v) is 11.6. The number of hydrogen-bond acceptors (Lipinski definition) is 3. The monoisotopic (exact) mass is 474 g/mol. The zero-order valence-corrected chi connectivity index (χ0v) is 18.9. The summed E-state index contributed by atoms with van der Waals surface area (Å²) in [5.74, 6) is -1.05. The summed E-state index contributed by atoms with van der Waals surface area (Å²) in [6.45, 7) is 1.43. The largest absolute Gasteiger partial charge is 0.396 e. The van der Waals surface area contributed by atoms with Crippen LogP contribution < -0.4 is 0 Å². The lowest BCUT2D eigenvalue weighted by molar-refractivity contribution is -0.141. The van der Waals surface area contributed by atoms with Gasteiger partial charge in [-0.15, -0.1) is 0 Å². The van der Waals surface area contributed by atoms with Crippen LogP contribution in [0.25, 0.3) is 22.2 Å². The van der Waals surface area contributed by atoms with E-state index in [0.717, 1.165) is 31.7 Å². The number of aliphatic hydroxyl groups is 2. The van der Waals surface area contributed by atoms with Gasteiger partial charge in [-0.2, -0.15) is 0 Å². The summed E-state index contributed by atoms with van der Waals surface area (Å²) in [7, 11) is 0. The van der Waals surface area contributed by atoms with Gasteiger partial charge < -0.3 is 20.1 Å². The number of carbonyl (C=O) groups is 1. The maximum atomic E-state index is 13.5. The Kier molecular flexibility index (Phi) is 7.28. The van der Waals surface area contributed by atoms with Crippen LogP contribution in [-0.4, -0.2) is 52.3 Å². The summed E-state index contributed by atoms with van der Waals surface area (Å²) in [5.41, 5.74) is 1.23. The highest BCUT2D eigenvalue weighted by Crippen LogP contribution is 2.34. The van der Waals surface area contributed by atoms with E-state index in [1.165, 1.54) is 24.6 Å². The first kappa shape index (κ1) is 24.3. The molecule has 5 nitrogen and oxygen atoms in total. The van der Waals surface area contributed by atoms with Gasteiger partial charge in [-0.25, -0.2) is 13.2 Å². The van der Waals surface area contributed by atoms with Gasteiger partial charge in [-0.05, 0) is 67.6 Å². The maximum absolute atomic E-state index is 13.5. The van der Waals surface area contributed by atoms with E-state index in [-0.39, 0.29) is 41.8 Å². The van der Waals surface area contributed by atoms with Crippen LogP contribution in [0.2, 0.25) is 0 Å². The Morgan fingerprint density at radius 3 is 2.18 bits per heavy atom. The van der Waals surface area contributed by atoms with E-state index in [4.69, 9.17) is 0 Å². The Morgan fingerprint density at radius 2 is 1.62 bits per heavy atom. The molecule has 2 fully saturated rings. The van der Waals surface area contributed by atoms with Gasteiger partial charge in [-0.1, -0.05) is 6.42 Å². The lowest BCUT2D eigenvalue weighted by Gasteiger charge is -2.41. The summed E-state index contributed by atoms with van der Waals surface area (Å²) in [4.78, 5) is 16.7. The summed E-state index contributed by atoms with van der Waals surface area (Å²) in [6, 6.07) is 9.50. The number of nitrogens with zero attached hydrogens (tertiary/aromatic N) is 1. The summed E-state index contributed by atoms with van der Waals surface area (Å²) >= 11 is 0. The van der Waals surface area contributed by atoms with Crippen molar-refractivity contribution >= 4 is 16.8 Å². The Bertz CT molecular complexity index is 1130. The van der Waals surface area contributed by atoms with Gasteiger partial charge in [0.25, 0.3) is 0 Å². The van der Waals surface area contributed by atoms with Crippen LogP contribution in [0.15, 0.2) is 42.5 Å². The molecule has 0 atom stereocenters. The predicted molar refractivity (Wildman–Crippen MR) is 123 cm³/mol. The zero-order valence-electron chi connectivity index (χ0n) is 18.9. The summed E-state index contributed by atoms with van der Waals surface area (Å²) in [5, 5.41) is 19.0. The number of benzene rings is 2. The van der Waals surface area contributed by atoms with E-state index in [1.54, 1.807) is 18.2 Å². The molecule has 2 aromatic carbocycles. The second-order valence-electron chi connectivity index (χ2n) is 9.31. The predicted octanol–water partition coefficient (Wildman–Crippen LogP) is 4.63. The van der Waals surface area contributed by atoms with Gasteiger partial charge in [0.1, 0.15) is 17.5 Å². The van der Waals surface area contributed by atoms with E-state index >= 15 is 0 Å². The quantitative estimate of drug-likeness (QED) is 0.516. The molecule has 2 aliphatic rings. The Hall–Kier alpha value is -2.84. The third-order valence-electron chi connectivity index (χ3n) is 7.06. The molecule has 3 aromatic rings. The number of amides is 1. The molecule has 182 valence electrons. The molecule has 1 saturated heterocycles. The van der Waals surface area contributed by atoms with Gasteiger partial charge in [0, 0.05) is 41.6 Å². The third kappa shape index (κ3) is 5.13. The average Bonchev–Trinajstić information content (AvgIpc) is 3.23. The van der Waals surface area contributed by atoms with E-state index < -0.39 is 11.6 Å². The highest BCUT2D eigenvalue weighted by molar-refractivity contribution is 5.86. The third-order valence-corrected chi connectivity index (χ3v) is 7.06. The molecule has 3 N–H and O–H groups in total. The minimum atomic E-state index is -0.640. The molecular formula is C26H29F3N2O3. The topological polar surface area (TPSA) is 76.6 Å². The number of aromatic amines is 1. The van der Waals surface area contributed by atoms with Crippen LogP contribution in [-0.2, 0) is 4.79 Å². The van der Waals surface area contributed by atoms with Crippen LogP contribution in [0.1, 0.15) is 32.1 Å². The van der Waals surface area contributed by atoms with Crippen molar-refractivity contribution in [2.24, 2.45) is 11.3 Å². The fourth-order valence-electron chi connectivity index (χ4n) is 4.43. The molecule has 8 heteroatoms. The first-order chi connectivity index (χ1) is 16.3. The van der Waals surface area contributed by atoms with Crippen molar-refractivity contribution in [3.8, 4) is 11.3 Å². The van der Waals surface area contributed by atoms with Gasteiger partial charge >= 0.3 is 0 Å². The minimum Gasteiger partial charge on any atom is -0.396 e. The fourth-order valence-corrected chi connectivity index (χ4v) is 4.43. The number of carbonyl (C=O) groups excluding carboxylic acids is 1. The molecule has 1 aliphatic heterocycles. The summed E-state index contributed by atoms with van der Waals surface area (Å²) < 4.78 is 39.4. The summed E-state index contributed by atoms with van der Waals surface area (Å²) in [6.07, 6.45) is 4.71. The molecule has 1 saturated carbocycles. The molecule has 0 unspecified atom stereocenters. The van der Waals surface area contributed by atoms with Crippen molar-refractivity contribution in [1.82, 2.24) is 9.88 Å². The number of rotatable bonds is 4. The number of hydrogen-bond donors (Lipinski definition) is 3. The second kappa shape index (κ2) is 10.2. The van der Waals surface area contributed by atoms with Crippen molar-refractivity contribution in [3.05, 3.63) is 59.9 Å². The molecule has 0 radical (unpaired) electrons. The lowest BCUT2D eigenvalue weighted by atomic mass is 9.78. The van der Waals surface area contributed by atoms with Gasteiger partial charge in [0.2, 0.25) is 5.91 Å². The minimum absolute atomic E-state index is 0.0228. The maximum Gasteiger partial charge on any atom is 0.225 e. The molecular weight excluding hydrogens is 445 g/mol. The second-order valence-corrected chi connectivity index (χ2v) is 9.31. The van der Waals surface area contributed by atoms with Crippen molar-refractivity contribution < 1.29 is 28.2 Å². The van der Waals surface area contributed by atoms with Crippen molar-refractivity contribution in [1.29, 1.82) is 0 Å². The lowest BCUT2D eigenvalue weighted by Crippen LogP contribution is -2.48. The van der Waals surface area contributed by atoms with E-state index in [1.807, 2.05) is 4.90 Å². The van der Waals surface area contributed by atoms with Gasteiger partial charge in [0.05, 0.1) is 18.7 Å². The molecule has 0 spiro atoms. The molecule has 2 heterocycles. The Labute approximate surface area is 196 Å². The molecule has 0 bridgehead atoms. The van der Waals surface area contributed by atoms with Crippen LogP contribution in [0.4, 0.5) is 13.2 Å². The molecule has 1 amide bonds. The van der Waals surface area contributed by atoms with Crippen molar-refractivity contribution in [2.75, 3.05) is 26.3 Å². The van der Waals surface area contributed by atoms with E-state index in [9.17, 15) is 28.2 Å². The van der Waals surface area contributed by atoms with Gasteiger partial charge in [0.15, 0.2) is 0 Å². The standard InChI is InChI=1S/C14H8F3N.C12H21NO3/c15-10-3-1-8(2-4-10)13-6-9-5-11(16)7-12(17)14(9)18-13;14-8-12(9-15)4-6-13(7-5-12)11(16)10-2-1-3-10/h1-7,18H;10,14-15H,1-9H2. The number of piperidine rings is 1. The number of fused-ring (bicyclic) bond motifs is 1. The Balaban J connectivity index is 0.000000162. The highest BCUT2D eigenvalue weighted by atomic mass is 19.1. The van der Waals surface area contributed by atoms with Crippen molar-refractivity contribution in [2.45, 2.75) is 32.1 Å². The van der Waals surface area contributed by atoms with Crippen LogP contribution in [0.3, 0.4) is 0 Å². The zero-order chi connectivity index (χ0) is 24.3. The SMILES string of the molecule is Fc1ccc(-c2cc3cc(F)cc(F)c3[nH]2)cc1.O=C(C1CCC1)N1CCC(CO)(CO)CC1. The fraction of sp³-hybridized carbons (Fsp3) is 0.423. The van der Waals surface area contributed by atoms with E-state index in [0.29, 0.717) is 29.7 Å². The molecule has 34 heavy (non-hydrogen) atoms. The number of aromatic nitrogens is 1. The number of aliphatic hydroxyl groups excluding tert-OH is 2. The van der Waals surface area contributed by atoms with Crippen LogP contribution in [0.5, 0.6) is 0 Å². The first-order valence-electron chi connectivity index (χ1n) is 11.6. The average molecular weight is 475 g/mol. The number of H-pyrrole nitrogens is 1. The number of likely N-dealkylation sites (tertiary alicyclic amines) is 1. The Morgan fingerprint density at radius 1 is 0.971 bits per heavy atom. The van der Waals surface area contributed by atoms with Crippen LogP contribution in [0, 0.1) is 28.8 Å². The molecule has 1 aliphatic carbocycles. The smallest absolute Gasteiger partial charge is 0.225 e. The van der Waals surface area contributed by atoms with Crippen molar-refractivity contribution in [3.63, 3.8) is 0 Å². The van der Waals surface area contributed by atoms with E-state index in [2.05, 4.69) is 4.98 Å². The normalized spacial score (nSPS) is 17.7. The number of nitrogens with one attached hydrogen (secondary N) is 1. The van der Waals surface area contributed by atoms with Crippen LogP contribution >= 0.6 is 0 Å². The number of halogens is 3.